The molecular formula is C36H34O4. The molecule has 8 rings (SSSR count). The lowest BCUT2D eigenvalue weighted by Crippen LogP contribution is -2.49. The highest BCUT2D eigenvalue weighted by Gasteiger charge is 2.52. The van der Waals surface area contributed by atoms with Crippen LogP contribution in [-0.4, -0.2) is 19.0 Å². The van der Waals surface area contributed by atoms with Gasteiger partial charge in [0.05, 0.1) is 18.2 Å². The van der Waals surface area contributed by atoms with Crippen LogP contribution in [0.3, 0.4) is 0 Å². The molecule has 0 unspecified atom stereocenters. The largest absolute Gasteiger partial charge is 0.465 e. The van der Waals surface area contributed by atoms with Gasteiger partial charge in [0.2, 0.25) is 0 Å². The van der Waals surface area contributed by atoms with E-state index < -0.39 is 0 Å². The molecule has 4 aromatic rings. The van der Waals surface area contributed by atoms with E-state index in [-0.39, 0.29) is 24.0 Å². The molecule has 40 heavy (non-hydrogen) atoms. The molecule has 0 heterocycles. The maximum atomic E-state index is 13.7. The van der Waals surface area contributed by atoms with Gasteiger partial charge in [-0.15, -0.1) is 0 Å². The molecule has 4 fully saturated rings. The van der Waals surface area contributed by atoms with Crippen molar-refractivity contribution in [1.82, 2.24) is 0 Å². The number of carbonyl (C=O) groups is 2. The molecule has 4 nitrogen and oxygen atoms in total. The summed E-state index contributed by atoms with van der Waals surface area (Å²) in [6, 6.07) is 28.2. The summed E-state index contributed by atoms with van der Waals surface area (Å²) in [6.07, 6.45) is 7.60. The Bertz CT molecular complexity index is 1550. The molecule has 4 heteroatoms. The van der Waals surface area contributed by atoms with Gasteiger partial charge < -0.3 is 9.47 Å². The maximum Gasteiger partial charge on any atom is 0.338 e. The van der Waals surface area contributed by atoms with Crippen LogP contribution in [0, 0.1) is 17.8 Å². The molecule has 4 aromatic carbocycles. The second kappa shape index (κ2) is 9.92. The van der Waals surface area contributed by atoms with E-state index in [1.54, 1.807) is 12.1 Å². The summed E-state index contributed by atoms with van der Waals surface area (Å²) >= 11 is 0. The van der Waals surface area contributed by atoms with E-state index in [0.29, 0.717) is 5.56 Å². The predicted molar refractivity (Wildman–Crippen MR) is 156 cm³/mol. The van der Waals surface area contributed by atoms with Crippen LogP contribution in [0.2, 0.25) is 0 Å². The Morgan fingerprint density at radius 1 is 0.725 bits per heavy atom. The zero-order chi connectivity index (χ0) is 27.3. The average Bonchev–Trinajstić information content (AvgIpc) is 2.98. The lowest BCUT2D eigenvalue weighted by atomic mass is 9.47. The molecule has 4 saturated carbocycles. The average molecular weight is 531 g/mol. The van der Waals surface area contributed by atoms with Gasteiger partial charge in [-0.3, -0.25) is 0 Å². The molecule has 0 N–H and O–H groups in total. The van der Waals surface area contributed by atoms with Gasteiger partial charge in [0.25, 0.3) is 0 Å². The van der Waals surface area contributed by atoms with Gasteiger partial charge in [0.1, 0.15) is 6.61 Å². The van der Waals surface area contributed by atoms with E-state index >= 15 is 0 Å². The first-order chi connectivity index (χ1) is 19.5. The minimum Gasteiger partial charge on any atom is -0.465 e. The molecule has 0 aromatic heterocycles. The minimum absolute atomic E-state index is 0.0577. The van der Waals surface area contributed by atoms with Crippen molar-refractivity contribution >= 4 is 22.7 Å². The van der Waals surface area contributed by atoms with Crippen molar-refractivity contribution in [2.75, 3.05) is 7.11 Å². The second-order valence-corrected chi connectivity index (χ2v) is 12.3. The van der Waals surface area contributed by atoms with Crippen molar-refractivity contribution < 1.29 is 19.1 Å². The van der Waals surface area contributed by atoms with Crippen LogP contribution in [0.4, 0.5) is 0 Å². The van der Waals surface area contributed by atoms with Gasteiger partial charge in [0.15, 0.2) is 0 Å². The van der Waals surface area contributed by atoms with Crippen molar-refractivity contribution in [3.63, 3.8) is 0 Å². The molecule has 0 radical (unpaired) electrons. The molecule has 4 aliphatic carbocycles. The van der Waals surface area contributed by atoms with Crippen LogP contribution >= 0.6 is 0 Å². The highest BCUT2D eigenvalue weighted by atomic mass is 16.5. The van der Waals surface area contributed by atoms with Crippen LogP contribution in [0.15, 0.2) is 84.9 Å². The first kappa shape index (κ1) is 25.1. The normalized spacial score (nSPS) is 24.7. The van der Waals surface area contributed by atoms with Crippen LogP contribution in [-0.2, 0) is 21.5 Å². The fraction of sp³-hybridized carbons (Fsp3) is 0.333. The number of benzene rings is 4. The molecule has 4 bridgehead atoms. The zero-order valence-electron chi connectivity index (χ0n) is 22.9. The Balaban J connectivity index is 1.29. The van der Waals surface area contributed by atoms with E-state index in [1.807, 2.05) is 42.5 Å². The Hall–Kier alpha value is -3.92. The standard InChI is InChI=1S/C36H34O4/c1-39-34(37)28-9-7-27(8-10-28)29-11-12-30-17-32(35(38)40-22-23-5-3-2-4-6-23)33(18-31(30)16-29)36-19-24-13-25(20-36)15-26(14-24)21-36/h2-12,16-18,24-26H,13-15,19-22H2,1H3. The van der Waals surface area contributed by atoms with Gasteiger partial charge >= 0.3 is 11.9 Å². The molecule has 0 spiro atoms. The fourth-order valence-corrected chi connectivity index (χ4v) is 8.24. The quantitative estimate of drug-likeness (QED) is 0.236. The third-order valence-corrected chi connectivity index (χ3v) is 9.66. The highest BCUT2D eigenvalue weighted by Crippen LogP contribution is 2.61. The van der Waals surface area contributed by atoms with Gasteiger partial charge in [0, 0.05) is 0 Å². The lowest BCUT2D eigenvalue weighted by molar-refractivity contribution is -0.00608. The van der Waals surface area contributed by atoms with E-state index in [2.05, 4.69) is 30.3 Å². The number of rotatable bonds is 6. The third-order valence-electron chi connectivity index (χ3n) is 9.66. The Kier molecular flexibility index (Phi) is 6.22. The summed E-state index contributed by atoms with van der Waals surface area (Å²) in [4.78, 5) is 25.6. The SMILES string of the molecule is COC(=O)c1ccc(-c2ccc3cc(C(=O)OCc4ccccc4)c(C45CC6CC(CC(C6)C4)C5)cc3c2)cc1. The first-order valence-corrected chi connectivity index (χ1v) is 14.5. The van der Waals surface area contributed by atoms with Crippen LogP contribution in [0.1, 0.15) is 70.4 Å². The van der Waals surface area contributed by atoms with Gasteiger partial charge in [-0.05, 0) is 125 Å². The van der Waals surface area contributed by atoms with Gasteiger partial charge in [-0.1, -0.05) is 54.6 Å². The number of esters is 2. The Morgan fingerprint density at radius 3 is 2.02 bits per heavy atom. The van der Waals surface area contributed by atoms with E-state index in [0.717, 1.165) is 50.8 Å². The number of hydrogen-bond donors (Lipinski definition) is 0. The summed E-state index contributed by atoms with van der Waals surface area (Å²) in [5.74, 6) is 1.76. The van der Waals surface area contributed by atoms with Gasteiger partial charge in [-0.2, -0.15) is 0 Å². The van der Waals surface area contributed by atoms with Crippen molar-refractivity contribution in [3.8, 4) is 11.1 Å². The Labute approximate surface area is 235 Å². The number of fused-ring (bicyclic) bond motifs is 1. The molecule has 0 saturated heterocycles. The van der Waals surface area contributed by atoms with Crippen molar-refractivity contribution in [2.45, 2.75) is 50.5 Å². The van der Waals surface area contributed by atoms with Gasteiger partial charge in [-0.25, -0.2) is 9.59 Å². The molecule has 0 aliphatic heterocycles. The van der Waals surface area contributed by atoms with Crippen molar-refractivity contribution in [1.29, 1.82) is 0 Å². The van der Waals surface area contributed by atoms with Crippen LogP contribution in [0.5, 0.6) is 0 Å². The summed E-state index contributed by atoms with van der Waals surface area (Å²) in [5, 5.41) is 2.18. The molecular weight excluding hydrogens is 496 g/mol. The number of ether oxygens (including phenoxy) is 2. The predicted octanol–water partition coefficient (Wildman–Crippen LogP) is 8.12. The summed E-state index contributed by atoms with van der Waals surface area (Å²) < 4.78 is 10.8. The maximum absolute atomic E-state index is 13.7. The molecule has 4 aliphatic rings. The first-order valence-electron chi connectivity index (χ1n) is 14.5. The third kappa shape index (κ3) is 4.50. The number of hydrogen-bond acceptors (Lipinski definition) is 4. The zero-order valence-corrected chi connectivity index (χ0v) is 22.9. The van der Waals surface area contributed by atoms with Crippen molar-refractivity contribution in [2.24, 2.45) is 17.8 Å². The van der Waals surface area contributed by atoms with Crippen LogP contribution < -0.4 is 0 Å². The molecule has 0 amide bonds. The van der Waals surface area contributed by atoms with E-state index in [4.69, 9.17) is 9.47 Å². The fourth-order valence-electron chi connectivity index (χ4n) is 8.24. The number of carbonyl (C=O) groups excluding carboxylic acids is 2. The monoisotopic (exact) mass is 530 g/mol. The highest BCUT2D eigenvalue weighted by molar-refractivity contribution is 5.99. The Morgan fingerprint density at radius 2 is 1.38 bits per heavy atom. The minimum atomic E-state index is -0.336. The summed E-state index contributed by atoms with van der Waals surface area (Å²) in [5.41, 5.74) is 5.64. The topological polar surface area (TPSA) is 52.6 Å². The lowest BCUT2D eigenvalue weighted by Gasteiger charge is -2.57. The smallest absolute Gasteiger partial charge is 0.338 e. The second-order valence-electron chi connectivity index (χ2n) is 12.3. The number of methoxy groups -OCH3 is 1. The van der Waals surface area contributed by atoms with Crippen LogP contribution in [0.25, 0.3) is 21.9 Å². The summed E-state index contributed by atoms with van der Waals surface area (Å²) in [7, 11) is 1.40. The van der Waals surface area contributed by atoms with E-state index in [9.17, 15) is 9.59 Å². The van der Waals surface area contributed by atoms with Crippen molar-refractivity contribution in [3.05, 3.63) is 107 Å². The van der Waals surface area contributed by atoms with E-state index in [1.165, 1.54) is 51.2 Å². The molecule has 0 atom stereocenters. The molecule has 202 valence electrons. The summed E-state index contributed by atoms with van der Waals surface area (Å²) in [6.45, 7) is 0.276.